The third-order valence-corrected chi connectivity index (χ3v) is 5.37. The molecule has 2 nitrogen and oxygen atoms in total. The second-order valence-corrected chi connectivity index (χ2v) is 7.87. The SMILES string of the molecule is CC(C)(C)C1CNC(C2CC2)CN1C1CCCC1. The van der Waals surface area contributed by atoms with E-state index in [4.69, 9.17) is 0 Å². The molecule has 1 N–H and O–H groups in total. The normalized spacial score (nSPS) is 36.2. The third-order valence-electron chi connectivity index (χ3n) is 5.37. The molecular weight excluding hydrogens is 220 g/mol. The van der Waals surface area contributed by atoms with Crippen molar-refractivity contribution in [2.75, 3.05) is 13.1 Å². The highest BCUT2D eigenvalue weighted by molar-refractivity contribution is 5.00. The summed E-state index contributed by atoms with van der Waals surface area (Å²) >= 11 is 0. The minimum absolute atomic E-state index is 0.407. The first-order valence-electron chi connectivity index (χ1n) is 8.05. The topological polar surface area (TPSA) is 15.3 Å². The van der Waals surface area contributed by atoms with Gasteiger partial charge < -0.3 is 5.32 Å². The minimum Gasteiger partial charge on any atom is -0.311 e. The van der Waals surface area contributed by atoms with E-state index < -0.39 is 0 Å². The predicted octanol–water partition coefficient (Wildman–Crippen LogP) is 3.03. The standard InChI is InChI=1S/C16H30N2/c1-16(2,3)15-10-17-14(12-8-9-12)11-18(15)13-6-4-5-7-13/h12-15,17H,4-11H2,1-3H3. The highest BCUT2D eigenvalue weighted by Gasteiger charge is 2.43. The van der Waals surface area contributed by atoms with Crippen LogP contribution in [0.1, 0.15) is 59.3 Å². The summed E-state index contributed by atoms with van der Waals surface area (Å²) in [7, 11) is 0. The Kier molecular flexibility index (Phi) is 3.44. The molecule has 3 rings (SSSR count). The smallest absolute Gasteiger partial charge is 0.0272 e. The Hall–Kier alpha value is -0.0800. The van der Waals surface area contributed by atoms with Crippen molar-refractivity contribution in [1.82, 2.24) is 10.2 Å². The van der Waals surface area contributed by atoms with Gasteiger partial charge in [-0.25, -0.2) is 0 Å². The Labute approximate surface area is 113 Å². The Balaban J connectivity index is 1.72. The van der Waals surface area contributed by atoms with Crippen LogP contribution in [-0.4, -0.2) is 36.1 Å². The maximum absolute atomic E-state index is 3.85. The van der Waals surface area contributed by atoms with Gasteiger partial charge in [-0.1, -0.05) is 33.6 Å². The quantitative estimate of drug-likeness (QED) is 0.810. The molecule has 0 aromatic rings. The van der Waals surface area contributed by atoms with Crippen LogP contribution in [0.2, 0.25) is 0 Å². The van der Waals surface area contributed by atoms with Gasteiger partial charge >= 0.3 is 0 Å². The first kappa shape index (κ1) is 12.9. The Morgan fingerprint density at radius 2 is 1.67 bits per heavy atom. The molecule has 0 aromatic carbocycles. The first-order valence-corrected chi connectivity index (χ1v) is 8.05. The van der Waals surface area contributed by atoms with Crippen molar-refractivity contribution in [3.05, 3.63) is 0 Å². The van der Waals surface area contributed by atoms with Crippen molar-refractivity contribution in [2.45, 2.75) is 77.4 Å². The summed E-state index contributed by atoms with van der Waals surface area (Å²) in [6, 6.07) is 2.41. The van der Waals surface area contributed by atoms with Gasteiger partial charge in [0, 0.05) is 31.2 Å². The summed E-state index contributed by atoms with van der Waals surface area (Å²) in [4.78, 5) is 2.90. The molecule has 2 aliphatic carbocycles. The summed E-state index contributed by atoms with van der Waals surface area (Å²) in [5, 5.41) is 3.85. The average molecular weight is 250 g/mol. The van der Waals surface area contributed by atoms with Crippen LogP contribution in [0.4, 0.5) is 0 Å². The number of piperazine rings is 1. The van der Waals surface area contributed by atoms with Crippen molar-refractivity contribution in [3.8, 4) is 0 Å². The van der Waals surface area contributed by atoms with Crippen LogP contribution in [-0.2, 0) is 0 Å². The van der Waals surface area contributed by atoms with Gasteiger partial charge in [0.15, 0.2) is 0 Å². The number of hydrogen-bond acceptors (Lipinski definition) is 2. The van der Waals surface area contributed by atoms with E-state index in [9.17, 15) is 0 Å². The van der Waals surface area contributed by atoms with Gasteiger partial charge in [-0.15, -0.1) is 0 Å². The van der Waals surface area contributed by atoms with Gasteiger partial charge in [0.2, 0.25) is 0 Å². The van der Waals surface area contributed by atoms with Crippen molar-refractivity contribution >= 4 is 0 Å². The summed E-state index contributed by atoms with van der Waals surface area (Å²) in [5.41, 5.74) is 0.407. The van der Waals surface area contributed by atoms with Gasteiger partial charge in [0.1, 0.15) is 0 Å². The second-order valence-electron chi connectivity index (χ2n) is 7.87. The maximum Gasteiger partial charge on any atom is 0.0272 e. The molecule has 2 heteroatoms. The summed E-state index contributed by atoms with van der Waals surface area (Å²) in [6.07, 6.45) is 8.75. The fraction of sp³-hybridized carbons (Fsp3) is 1.00. The van der Waals surface area contributed by atoms with Crippen molar-refractivity contribution in [3.63, 3.8) is 0 Å². The van der Waals surface area contributed by atoms with E-state index in [2.05, 4.69) is 31.0 Å². The molecule has 0 amide bonds. The van der Waals surface area contributed by atoms with Crippen LogP contribution in [0, 0.1) is 11.3 Å². The zero-order valence-electron chi connectivity index (χ0n) is 12.4. The van der Waals surface area contributed by atoms with Crippen LogP contribution in [0.3, 0.4) is 0 Å². The molecule has 0 aromatic heterocycles. The van der Waals surface area contributed by atoms with Crippen LogP contribution < -0.4 is 5.32 Å². The molecule has 0 spiro atoms. The average Bonchev–Trinajstić information content (AvgIpc) is 3.03. The molecule has 18 heavy (non-hydrogen) atoms. The molecule has 2 unspecified atom stereocenters. The van der Waals surface area contributed by atoms with Crippen LogP contribution in [0.15, 0.2) is 0 Å². The van der Waals surface area contributed by atoms with E-state index in [1.807, 2.05) is 0 Å². The van der Waals surface area contributed by atoms with E-state index in [0.717, 1.165) is 24.0 Å². The van der Waals surface area contributed by atoms with Crippen molar-refractivity contribution in [1.29, 1.82) is 0 Å². The molecule has 1 aliphatic heterocycles. The first-order chi connectivity index (χ1) is 8.55. The highest BCUT2D eigenvalue weighted by Crippen LogP contribution is 2.38. The number of nitrogens with one attached hydrogen (secondary N) is 1. The Morgan fingerprint density at radius 1 is 1.00 bits per heavy atom. The van der Waals surface area contributed by atoms with E-state index in [0.29, 0.717) is 5.41 Å². The predicted molar refractivity (Wildman–Crippen MR) is 76.7 cm³/mol. The molecule has 2 saturated carbocycles. The molecule has 0 radical (unpaired) electrons. The highest BCUT2D eigenvalue weighted by atomic mass is 15.3. The van der Waals surface area contributed by atoms with E-state index in [1.54, 1.807) is 0 Å². The minimum atomic E-state index is 0.407. The molecule has 3 aliphatic rings. The molecule has 0 bridgehead atoms. The molecule has 1 heterocycles. The number of hydrogen-bond donors (Lipinski definition) is 1. The van der Waals surface area contributed by atoms with Gasteiger partial charge in [0.05, 0.1) is 0 Å². The lowest BCUT2D eigenvalue weighted by Gasteiger charge is -2.49. The van der Waals surface area contributed by atoms with Gasteiger partial charge in [-0.2, -0.15) is 0 Å². The van der Waals surface area contributed by atoms with Gasteiger partial charge in [-0.3, -0.25) is 4.90 Å². The monoisotopic (exact) mass is 250 g/mol. The summed E-state index contributed by atoms with van der Waals surface area (Å²) in [5.74, 6) is 0.995. The van der Waals surface area contributed by atoms with E-state index >= 15 is 0 Å². The zero-order chi connectivity index (χ0) is 12.8. The van der Waals surface area contributed by atoms with Gasteiger partial charge in [0.25, 0.3) is 0 Å². The second kappa shape index (κ2) is 4.79. The third kappa shape index (κ3) is 2.60. The molecule has 3 fully saturated rings. The molecular formula is C16H30N2. The zero-order valence-corrected chi connectivity index (χ0v) is 12.4. The Bertz CT molecular complexity index is 284. The fourth-order valence-corrected chi connectivity index (χ4v) is 4.06. The van der Waals surface area contributed by atoms with Crippen molar-refractivity contribution < 1.29 is 0 Å². The largest absolute Gasteiger partial charge is 0.311 e. The maximum atomic E-state index is 3.85. The lowest BCUT2D eigenvalue weighted by molar-refractivity contribution is 0.0186. The van der Waals surface area contributed by atoms with Crippen molar-refractivity contribution in [2.24, 2.45) is 11.3 Å². The van der Waals surface area contributed by atoms with Crippen LogP contribution in [0.5, 0.6) is 0 Å². The van der Waals surface area contributed by atoms with E-state index in [-0.39, 0.29) is 0 Å². The van der Waals surface area contributed by atoms with Crippen LogP contribution in [0.25, 0.3) is 0 Å². The number of rotatable bonds is 2. The molecule has 104 valence electrons. The van der Waals surface area contributed by atoms with E-state index in [1.165, 1.54) is 51.6 Å². The van der Waals surface area contributed by atoms with Gasteiger partial charge in [-0.05, 0) is 37.0 Å². The molecule has 1 saturated heterocycles. The molecule has 2 atom stereocenters. The number of nitrogens with zero attached hydrogens (tertiary/aromatic N) is 1. The summed E-state index contributed by atoms with van der Waals surface area (Å²) in [6.45, 7) is 9.77. The Morgan fingerprint density at radius 3 is 2.22 bits per heavy atom. The van der Waals surface area contributed by atoms with Crippen LogP contribution >= 0.6 is 0 Å². The lowest BCUT2D eigenvalue weighted by atomic mass is 9.82. The summed E-state index contributed by atoms with van der Waals surface area (Å²) < 4.78 is 0. The lowest BCUT2D eigenvalue weighted by Crippen LogP contribution is -2.63. The fourth-order valence-electron chi connectivity index (χ4n) is 4.06.